The number of hydrogen-bond acceptors (Lipinski definition) is 6. The van der Waals surface area contributed by atoms with E-state index in [2.05, 4.69) is 5.32 Å². The maximum atomic E-state index is 11.6. The Morgan fingerprint density at radius 1 is 1.50 bits per heavy atom. The first-order valence-electron chi connectivity index (χ1n) is 5.79. The molecule has 3 N–H and O–H groups in total. The fourth-order valence-electron chi connectivity index (χ4n) is 1.47. The quantitative estimate of drug-likeness (QED) is 0.599. The van der Waals surface area contributed by atoms with Crippen LogP contribution in [0, 0.1) is 0 Å². The predicted molar refractivity (Wildman–Crippen MR) is 65.9 cm³/mol. The summed E-state index contributed by atoms with van der Waals surface area (Å²) in [6, 6.07) is -0.816. The third-order valence-electron chi connectivity index (χ3n) is 2.53. The van der Waals surface area contributed by atoms with Crippen molar-refractivity contribution < 1.29 is 22.7 Å². The summed E-state index contributed by atoms with van der Waals surface area (Å²) < 4.78 is 32.4. The molecule has 0 radical (unpaired) electrons. The van der Waals surface area contributed by atoms with Gasteiger partial charge < -0.3 is 20.5 Å². The van der Waals surface area contributed by atoms with Gasteiger partial charge in [0.05, 0.1) is 37.7 Å². The van der Waals surface area contributed by atoms with Gasteiger partial charge in [-0.25, -0.2) is 8.42 Å². The van der Waals surface area contributed by atoms with Gasteiger partial charge in [-0.2, -0.15) is 0 Å². The molecule has 1 rings (SSSR count). The van der Waals surface area contributed by atoms with Crippen molar-refractivity contribution in [3.8, 4) is 0 Å². The molecule has 106 valence electrons. The van der Waals surface area contributed by atoms with E-state index in [4.69, 9.17) is 15.2 Å². The zero-order valence-electron chi connectivity index (χ0n) is 10.4. The van der Waals surface area contributed by atoms with Gasteiger partial charge in [0.25, 0.3) is 0 Å². The van der Waals surface area contributed by atoms with E-state index in [-0.39, 0.29) is 24.2 Å². The zero-order chi connectivity index (χ0) is 13.6. The van der Waals surface area contributed by atoms with Gasteiger partial charge in [0.15, 0.2) is 0 Å². The highest BCUT2D eigenvalue weighted by Crippen LogP contribution is 1.99. The second kappa shape index (κ2) is 7.03. The molecule has 1 heterocycles. The van der Waals surface area contributed by atoms with Crippen LogP contribution in [0.15, 0.2) is 0 Å². The Hall–Kier alpha value is -0.700. The fraction of sp³-hybridized carbons (Fsp3) is 0.900. The van der Waals surface area contributed by atoms with Crippen LogP contribution >= 0.6 is 0 Å². The molecule has 0 aliphatic carbocycles. The third kappa shape index (κ3) is 6.29. The summed E-state index contributed by atoms with van der Waals surface area (Å²) in [6.07, 6.45) is 1.07. The zero-order valence-corrected chi connectivity index (χ0v) is 11.2. The highest BCUT2D eigenvalue weighted by Gasteiger charge is 2.19. The molecule has 0 aromatic rings. The molecule has 0 bridgehead atoms. The fourth-order valence-corrected chi connectivity index (χ4v) is 2.15. The molecule has 2 atom stereocenters. The standard InChI is InChI=1S/C10H20N2O5S/c1-18(14,15)5-2-9(11)10(13)12-6-8-7-16-3-4-17-8/h8-9H,2-7,11H2,1H3,(H,12,13). The highest BCUT2D eigenvalue weighted by atomic mass is 32.2. The first kappa shape index (κ1) is 15.4. The number of nitrogens with two attached hydrogens (primary N) is 1. The van der Waals surface area contributed by atoms with E-state index in [9.17, 15) is 13.2 Å². The number of carbonyl (C=O) groups excluding carboxylic acids is 1. The van der Waals surface area contributed by atoms with E-state index in [0.29, 0.717) is 26.4 Å². The Labute approximate surface area is 107 Å². The van der Waals surface area contributed by atoms with Crippen molar-refractivity contribution in [3.05, 3.63) is 0 Å². The van der Waals surface area contributed by atoms with Crippen molar-refractivity contribution in [1.29, 1.82) is 0 Å². The van der Waals surface area contributed by atoms with Gasteiger partial charge in [-0.05, 0) is 6.42 Å². The monoisotopic (exact) mass is 280 g/mol. The lowest BCUT2D eigenvalue weighted by Gasteiger charge is -2.23. The molecule has 18 heavy (non-hydrogen) atoms. The molecule has 0 saturated carbocycles. The van der Waals surface area contributed by atoms with E-state index in [1.54, 1.807) is 0 Å². The lowest BCUT2D eigenvalue weighted by molar-refractivity contribution is -0.125. The Balaban J connectivity index is 2.22. The molecular weight excluding hydrogens is 260 g/mol. The molecule has 1 aliphatic rings. The molecule has 0 spiro atoms. The number of carbonyl (C=O) groups is 1. The SMILES string of the molecule is CS(=O)(=O)CCC(N)C(=O)NCC1COCCO1. The second-order valence-electron chi connectivity index (χ2n) is 4.34. The van der Waals surface area contributed by atoms with Crippen molar-refractivity contribution in [2.75, 3.05) is 38.4 Å². The highest BCUT2D eigenvalue weighted by molar-refractivity contribution is 7.90. The summed E-state index contributed by atoms with van der Waals surface area (Å²) in [7, 11) is -3.09. The van der Waals surface area contributed by atoms with Crippen molar-refractivity contribution in [2.24, 2.45) is 5.73 Å². The van der Waals surface area contributed by atoms with Crippen LogP contribution in [0.25, 0.3) is 0 Å². The maximum absolute atomic E-state index is 11.6. The van der Waals surface area contributed by atoms with Crippen molar-refractivity contribution in [2.45, 2.75) is 18.6 Å². The minimum atomic E-state index is -3.09. The molecule has 1 amide bonds. The lowest BCUT2D eigenvalue weighted by atomic mass is 10.2. The van der Waals surface area contributed by atoms with Crippen LogP contribution in [0.4, 0.5) is 0 Å². The number of nitrogens with one attached hydrogen (secondary N) is 1. The summed E-state index contributed by atoms with van der Waals surface area (Å²) in [4.78, 5) is 11.6. The molecule has 1 aliphatic heterocycles. The van der Waals surface area contributed by atoms with E-state index in [1.807, 2.05) is 0 Å². The van der Waals surface area contributed by atoms with E-state index >= 15 is 0 Å². The van der Waals surface area contributed by atoms with Crippen LogP contribution in [0.5, 0.6) is 0 Å². The molecule has 1 saturated heterocycles. The normalized spacial score (nSPS) is 22.4. The van der Waals surface area contributed by atoms with Gasteiger partial charge in [0, 0.05) is 12.8 Å². The van der Waals surface area contributed by atoms with Crippen molar-refractivity contribution >= 4 is 15.7 Å². The number of sulfone groups is 1. The third-order valence-corrected chi connectivity index (χ3v) is 3.50. The Kier molecular flexibility index (Phi) is 6.00. The molecule has 1 fully saturated rings. The summed E-state index contributed by atoms with van der Waals surface area (Å²) in [5.41, 5.74) is 5.59. The van der Waals surface area contributed by atoms with Gasteiger partial charge in [0.2, 0.25) is 5.91 Å². The lowest BCUT2D eigenvalue weighted by Crippen LogP contribution is -2.46. The minimum absolute atomic E-state index is 0.0926. The largest absolute Gasteiger partial charge is 0.376 e. The minimum Gasteiger partial charge on any atom is -0.376 e. The van der Waals surface area contributed by atoms with Crippen LogP contribution in [0.1, 0.15) is 6.42 Å². The Morgan fingerprint density at radius 3 is 2.78 bits per heavy atom. The molecule has 0 aromatic carbocycles. The maximum Gasteiger partial charge on any atom is 0.237 e. The van der Waals surface area contributed by atoms with Crippen LogP contribution in [-0.4, -0.2) is 64.8 Å². The van der Waals surface area contributed by atoms with Gasteiger partial charge in [0.1, 0.15) is 9.84 Å². The predicted octanol–water partition coefficient (Wildman–Crippen LogP) is -1.72. The number of hydrogen-bond donors (Lipinski definition) is 2. The Bertz CT molecular complexity index is 364. The van der Waals surface area contributed by atoms with Crippen molar-refractivity contribution in [1.82, 2.24) is 5.32 Å². The second-order valence-corrected chi connectivity index (χ2v) is 6.60. The van der Waals surface area contributed by atoms with Gasteiger partial charge >= 0.3 is 0 Å². The van der Waals surface area contributed by atoms with Crippen LogP contribution in [0.2, 0.25) is 0 Å². The van der Waals surface area contributed by atoms with Crippen molar-refractivity contribution in [3.63, 3.8) is 0 Å². The Morgan fingerprint density at radius 2 is 2.22 bits per heavy atom. The van der Waals surface area contributed by atoms with Crippen LogP contribution in [-0.2, 0) is 24.1 Å². The average Bonchev–Trinajstić information content (AvgIpc) is 2.33. The molecule has 7 nitrogen and oxygen atoms in total. The summed E-state index contributed by atoms with van der Waals surface area (Å²) in [5, 5.41) is 2.62. The van der Waals surface area contributed by atoms with E-state index < -0.39 is 15.9 Å². The van der Waals surface area contributed by atoms with Crippen LogP contribution in [0.3, 0.4) is 0 Å². The molecule has 8 heteroatoms. The van der Waals surface area contributed by atoms with E-state index in [0.717, 1.165) is 6.26 Å². The summed E-state index contributed by atoms with van der Waals surface area (Å²) in [5.74, 6) is -0.460. The number of rotatable bonds is 6. The molecule has 0 aromatic heterocycles. The average molecular weight is 280 g/mol. The molecule has 2 unspecified atom stereocenters. The first-order valence-corrected chi connectivity index (χ1v) is 7.85. The molecular formula is C10H20N2O5S. The summed E-state index contributed by atoms with van der Waals surface area (Å²) >= 11 is 0. The first-order chi connectivity index (χ1) is 8.38. The van der Waals surface area contributed by atoms with Crippen LogP contribution < -0.4 is 11.1 Å². The van der Waals surface area contributed by atoms with Gasteiger partial charge in [-0.1, -0.05) is 0 Å². The van der Waals surface area contributed by atoms with Gasteiger partial charge in [-0.15, -0.1) is 0 Å². The topological polar surface area (TPSA) is 108 Å². The smallest absolute Gasteiger partial charge is 0.237 e. The summed E-state index contributed by atoms with van der Waals surface area (Å²) in [6.45, 7) is 1.85. The van der Waals surface area contributed by atoms with E-state index in [1.165, 1.54) is 0 Å². The van der Waals surface area contributed by atoms with Gasteiger partial charge in [-0.3, -0.25) is 4.79 Å². The number of amides is 1. The number of ether oxygens (including phenoxy) is 2.